The first kappa shape index (κ1) is 24.8. The molecule has 1 N–H and O–H groups in total. The molecule has 0 bridgehead atoms. The molecule has 0 saturated carbocycles. The molecular formula is C26H29F3N4O2. The van der Waals surface area contributed by atoms with Gasteiger partial charge in [0, 0.05) is 31.3 Å². The second-order valence-corrected chi connectivity index (χ2v) is 10.1. The summed E-state index contributed by atoms with van der Waals surface area (Å²) in [6.45, 7) is 5.68. The number of halogens is 3. The lowest BCUT2D eigenvalue weighted by molar-refractivity contribution is -0.141. The highest BCUT2D eigenvalue weighted by Gasteiger charge is 2.41. The molecule has 1 aromatic heterocycles. The van der Waals surface area contributed by atoms with Crippen LogP contribution in [0.2, 0.25) is 0 Å². The van der Waals surface area contributed by atoms with Crippen molar-refractivity contribution in [1.29, 1.82) is 0 Å². The number of para-hydroxylation sites is 1. The summed E-state index contributed by atoms with van der Waals surface area (Å²) in [5.41, 5.74) is 1.05. The summed E-state index contributed by atoms with van der Waals surface area (Å²) >= 11 is 0. The number of rotatable bonds is 5. The molecular weight excluding hydrogens is 457 g/mol. The van der Waals surface area contributed by atoms with Crippen molar-refractivity contribution < 1.29 is 22.8 Å². The predicted octanol–water partition coefficient (Wildman–Crippen LogP) is 4.63. The molecule has 1 aliphatic heterocycles. The van der Waals surface area contributed by atoms with Gasteiger partial charge in [-0.25, -0.2) is 13.2 Å². The van der Waals surface area contributed by atoms with Crippen LogP contribution < -0.4 is 5.32 Å². The Bertz CT molecular complexity index is 1220. The van der Waals surface area contributed by atoms with E-state index in [9.17, 15) is 22.8 Å². The smallest absolute Gasteiger partial charge is 0.273 e. The van der Waals surface area contributed by atoms with Crippen molar-refractivity contribution in [1.82, 2.24) is 20.0 Å². The maximum Gasteiger partial charge on any atom is 0.273 e. The summed E-state index contributed by atoms with van der Waals surface area (Å²) in [7, 11) is 0. The largest absolute Gasteiger partial charge is 0.340 e. The molecule has 0 aliphatic carbocycles. The van der Waals surface area contributed by atoms with Crippen LogP contribution in [0.4, 0.5) is 13.2 Å². The van der Waals surface area contributed by atoms with E-state index in [1.54, 1.807) is 28.9 Å². The normalized spacial score (nSPS) is 16.8. The lowest BCUT2D eigenvalue weighted by Gasteiger charge is -2.38. The Hall–Kier alpha value is -3.36. The molecule has 9 heteroatoms. The summed E-state index contributed by atoms with van der Waals surface area (Å²) in [5.74, 6) is -4.01. The van der Waals surface area contributed by atoms with Gasteiger partial charge >= 0.3 is 0 Å². The number of alkyl halides is 2. The van der Waals surface area contributed by atoms with Crippen LogP contribution in [0.1, 0.15) is 49.7 Å². The first-order valence-corrected chi connectivity index (χ1v) is 11.6. The summed E-state index contributed by atoms with van der Waals surface area (Å²) < 4.78 is 42.2. The first-order chi connectivity index (χ1) is 16.4. The Morgan fingerprint density at radius 2 is 1.69 bits per heavy atom. The van der Waals surface area contributed by atoms with Gasteiger partial charge in [-0.15, -0.1) is 0 Å². The fraction of sp³-hybridized carbons (Fsp3) is 0.423. The maximum atomic E-state index is 13.6. The van der Waals surface area contributed by atoms with Crippen molar-refractivity contribution in [3.05, 3.63) is 65.6 Å². The van der Waals surface area contributed by atoms with Crippen molar-refractivity contribution in [2.45, 2.75) is 52.1 Å². The number of benzene rings is 2. The number of piperidine rings is 1. The lowest BCUT2D eigenvalue weighted by atomic mass is 9.85. The average molecular weight is 487 g/mol. The second-order valence-electron chi connectivity index (χ2n) is 10.1. The number of carbonyl (C=O) groups excluding carboxylic acids is 2. The lowest BCUT2D eigenvalue weighted by Crippen LogP contribution is -2.56. The number of hydrogen-bond acceptors (Lipinski definition) is 3. The Labute approximate surface area is 202 Å². The molecule has 3 aromatic rings. The monoisotopic (exact) mass is 486 g/mol. The van der Waals surface area contributed by atoms with Crippen molar-refractivity contribution >= 4 is 22.7 Å². The van der Waals surface area contributed by atoms with Gasteiger partial charge in [0.25, 0.3) is 11.8 Å². The van der Waals surface area contributed by atoms with Crippen LogP contribution in [0.3, 0.4) is 0 Å². The average Bonchev–Trinajstić information content (AvgIpc) is 3.16. The van der Waals surface area contributed by atoms with Gasteiger partial charge < -0.3 is 10.2 Å². The van der Waals surface area contributed by atoms with Crippen LogP contribution in [0.25, 0.3) is 10.9 Å². The molecule has 1 saturated heterocycles. The van der Waals surface area contributed by atoms with Crippen LogP contribution in [0, 0.1) is 11.2 Å². The van der Waals surface area contributed by atoms with Crippen LogP contribution in [0.5, 0.6) is 0 Å². The zero-order valence-corrected chi connectivity index (χ0v) is 20.0. The van der Waals surface area contributed by atoms with E-state index in [-0.39, 0.29) is 43.3 Å². The Balaban J connectivity index is 1.60. The van der Waals surface area contributed by atoms with Crippen LogP contribution >= 0.6 is 0 Å². The molecule has 6 nitrogen and oxygen atoms in total. The predicted molar refractivity (Wildman–Crippen MR) is 127 cm³/mol. The summed E-state index contributed by atoms with van der Waals surface area (Å²) in [6.07, 6.45) is -0.774. The highest BCUT2D eigenvalue weighted by Crippen LogP contribution is 2.30. The number of hydrogen-bond donors (Lipinski definition) is 1. The molecule has 0 radical (unpaired) electrons. The van der Waals surface area contributed by atoms with E-state index in [2.05, 4.69) is 10.4 Å². The number of aromatic nitrogens is 2. The summed E-state index contributed by atoms with van der Waals surface area (Å²) in [5, 5.41) is 7.96. The first-order valence-electron chi connectivity index (χ1n) is 11.6. The van der Waals surface area contributed by atoms with E-state index < -0.39 is 23.3 Å². The van der Waals surface area contributed by atoms with Crippen molar-refractivity contribution in [3.63, 3.8) is 0 Å². The zero-order chi connectivity index (χ0) is 25.4. The van der Waals surface area contributed by atoms with E-state index in [0.29, 0.717) is 11.9 Å². The quantitative estimate of drug-likeness (QED) is 0.572. The van der Waals surface area contributed by atoms with E-state index in [1.807, 2.05) is 32.9 Å². The maximum absolute atomic E-state index is 13.6. The van der Waals surface area contributed by atoms with Crippen molar-refractivity contribution in [2.24, 2.45) is 5.41 Å². The third kappa shape index (κ3) is 5.49. The molecule has 0 spiro atoms. The number of nitrogens with zero attached hydrogens (tertiary/aromatic N) is 3. The van der Waals surface area contributed by atoms with E-state index in [1.165, 1.54) is 17.0 Å². The van der Waals surface area contributed by atoms with Gasteiger partial charge in [0.2, 0.25) is 5.91 Å². The van der Waals surface area contributed by atoms with Gasteiger partial charge in [-0.1, -0.05) is 51.1 Å². The number of fused-ring (bicyclic) bond motifs is 1. The van der Waals surface area contributed by atoms with E-state index in [0.717, 1.165) is 11.1 Å². The number of likely N-dealkylation sites (tertiary alicyclic amines) is 1. The Morgan fingerprint density at radius 1 is 1.06 bits per heavy atom. The molecule has 1 aliphatic rings. The van der Waals surface area contributed by atoms with Gasteiger partial charge in [0.1, 0.15) is 11.9 Å². The van der Waals surface area contributed by atoms with Gasteiger partial charge in [-0.05, 0) is 29.2 Å². The fourth-order valence-electron chi connectivity index (χ4n) is 4.26. The molecule has 1 atom stereocenters. The van der Waals surface area contributed by atoms with Gasteiger partial charge in [0.15, 0.2) is 5.69 Å². The molecule has 2 amide bonds. The van der Waals surface area contributed by atoms with Gasteiger partial charge in [-0.2, -0.15) is 5.10 Å². The van der Waals surface area contributed by atoms with Crippen LogP contribution in [-0.2, 0) is 11.3 Å². The molecule has 1 unspecified atom stereocenters. The standard InChI is InChI=1S/C26H29F3N4O2/c1-25(2,3)22(24(35)32-14-12-26(28,29)13-15-32)30-23(34)21-19-6-4-5-7-20(19)33(31-21)16-17-8-10-18(27)11-9-17/h4-11,22H,12-16H2,1-3H3,(H,30,34). The molecule has 1 fully saturated rings. The topological polar surface area (TPSA) is 67.2 Å². The Kier molecular flexibility index (Phi) is 6.62. The number of amides is 2. The minimum absolute atomic E-state index is 0.0521. The van der Waals surface area contributed by atoms with E-state index >= 15 is 0 Å². The number of nitrogens with one attached hydrogen (secondary N) is 1. The molecule has 186 valence electrons. The SMILES string of the molecule is CC(C)(C)C(NC(=O)c1nn(Cc2ccc(F)cc2)c2ccccc12)C(=O)N1CCC(F)(F)CC1. The minimum Gasteiger partial charge on any atom is -0.340 e. The van der Waals surface area contributed by atoms with Crippen molar-refractivity contribution in [2.75, 3.05) is 13.1 Å². The van der Waals surface area contributed by atoms with Crippen molar-refractivity contribution in [3.8, 4) is 0 Å². The molecule has 2 heterocycles. The summed E-state index contributed by atoms with van der Waals surface area (Å²) in [4.78, 5) is 28.1. The second kappa shape index (κ2) is 9.36. The zero-order valence-electron chi connectivity index (χ0n) is 20.0. The fourth-order valence-corrected chi connectivity index (χ4v) is 4.26. The molecule has 35 heavy (non-hydrogen) atoms. The van der Waals surface area contributed by atoms with Gasteiger partial charge in [0.05, 0.1) is 12.1 Å². The third-order valence-electron chi connectivity index (χ3n) is 6.31. The van der Waals surface area contributed by atoms with Crippen LogP contribution in [0.15, 0.2) is 48.5 Å². The molecule has 4 rings (SSSR count). The van der Waals surface area contributed by atoms with E-state index in [4.69, 9.17) is 0 Å². The highest BCUT2D eigenvalue weighted by atomic mass is 19.3. The Morgan fingerprint density at radius 3 is 2.31 bits per heavy atom. The summed E-state index contributed by atoms with van der Waals surface area (Å²) in [6, 6.07) is 12.4. The highest BCUT2D eigenvalue weighted by molar-refractivity contribution is 6.06. The number of carbonyl (C=O) groups is 2. The third-order valence-corrected chi connectivity index (χ3v) is 6.31. The molecule has 2 aromatic carbocycles. The minimum atomic E-state index is -2.77. The van der Waals surface area contributed by atoms with Gasteiger partial charge in [-0.3, -0.25) is 14.3 Å². The van der Waals surface area contributed by atoms with Crippen LogP contribution in [-0.4, -0.2) is 51.5 Å².